The van der Waals surface area contributed by atoms with E-state index in [4.69, 9.17) is 4.74 Å². The van der Waals surface area contributed by atoms with Crippen molar-refractivity contribution in [2.75, 3.05) is 33.9 Å². The summed E-state index contributed by atoms with van der Waals surface area (Å²) in [6, 6.07) is 1.36. The van der Waals surface area contributed by atoms with Crippen LogP contribution >= 0.6 is 0 Å². The zero-order valence-electron chi connectivity index (χ0n) is 14.3. The Hall–Kier alpha value is -0.120. The van der Waals surface area contributed by atoms with Crippen molar-refractivity contribution >= 4 is 0 Å². The zero-order valence-corrected chi connectivity index (χ0v) is 14.3. The van der Waals surface area contributed by atoms with Gasteiger partial charge in [-0.1, -0.05) is 20.3 Å². The predicted molar refractivity (Wildman–Crippen MR) is 87.2 cm³/mol. The summed E-state index contributed by atoms with van der Waals surface area (Å²) in [7, 11) is 3.94. The van der Waals surface area contributed by atoms with Gasteiger partial charge in [0, 0.05) is 32.3 Å². The van der Waals surface area contributed by atoms with Crippen LogP contribution in [0.4, 0.5) is 0 Å². The van der Waals surface area contributed by atoms with Crippen molar-refractivity contribution in [2.45, 2.75) is 65.0 Å². The topological polar surface area (TPSA) is 24.5 Å². The third-order valence-electron chi connectivity index (χ3n) is 5.30. The smallest absolute Gasteiger partial charge is 0.0589 e. The van der Waals surface area contributed by atoms with Crippen LogP contribution in [0.25, 0.3) is 0 Å². The van der Waals surface area contributed by atoms with Gasteiger partial charge in [-0.2, -0.15) is 0 Å². The van der Waals surface area contributed by atoms with Crippen LogP contribution in [0.1, 0.15) is 52.9 Å². The van der Waals surface area contributed by atoms with Gasteiger partial charge in [-0.15, -0.1) is 0 Å². The van der Waals surface area contributed by atoms with E-state index < -0.39 is 0 Å². The molecule has 1 saturated carbocycles. The lowest BCUT2D eigenvalue weighted by molar-refractivity contribution is 0.0835. The molecule has 0 aromatic carbocycles. The lowest BCUT2D eigenvalue weighted by atomic mass is 9.76. The highest BCUT2D eigenvalue weighted by atomic mass is 16.5. The van der Waals surface area contributed by atoms with Crippen molar-refractivity contribution in [2.24, 2.45) is 11.8 Å². The van der Waals surface area contributed by atoms with E-state index in [1.807, 2.05) is 0 Å². The van der Waals surface area contributed by atoms with E-state index >= 15 is 0 Å². The Labute approximate surface area is 126 Å². The van der Waals surface area contributed by atoms with E-state index in [0.717, 1.165) is 25.0 Å². The van der Waals surface area contributed by atoms with Gasteiger partial charge in [0.05, 0.1) is 6.61 Å². The molecule has 0 saturated heterocycles. The summed E-state index contributed by atoms with van der Waals surface area (Å²) >= 11 is 0. The molecule has 0 spiro atoms. The first-order valence-corrected chi connectivity index (χ1v) is 8.56. The van der Waals surface area contributed by atoms with Crippen LogP contribution in [0, 0.1) is 11.8 Å². The maximum Gasteiger partial charge on any atom is 0.0589 e. The maximum atomic E-state index is 5.29. The fourth-order valence-electron chi connectivity index (χ4n) is 3.57. The summed E-state index contributed by atoms with van der Waals surface area (Å²) in [5.41, 5.74) is 0. The standard InChI is InChI=1S/C17H36N2O/c1-6-14(3)19(10-11-20-5)13-16-12-15(7-2)8-9-17(16)18-4/h14-18H,6-13H2,1-5H3. The van der Waals surface area contributed by atoms with Gasteiger partial charge in [0.25, 0.3) is 0 Å². The van der Waals surface area contributed by atoms with Crippen molar-refractivity contribution in [1.82, 2.24) is 10.2 Å². The summed E-state index contributed by atoms with van der Waals surface area (Å²) in [5.74, 6) is 1.73. The normalized spacial score (nSPS) is 28.8. The minimum absolute atomic E-state index is 0.657. The Morgan fingerprint density at radius 3 is 2.60 bits per heavy atom. The second-order valence-corrected chi connectivity index (χ2v) is 6.49. The summed E-state index contributed by atoms with van der Waals surface area (Å²) in [5, 5.41) is 3.56. The van der Waals surface area contributed by atoms with Gasteiger partial charge in [-0.25, -0.2) is 0 Å². The molecule has 20 heavy (non-hydrogen) atoms. The van der Waals surface area contributed by atoms with E-state index in [9.17, 15) is 0 Å². The first-order valence-electron chi connectivity index (χ1n) is 8.56. The third kappa shape index (κ3) is 5.34. The fraction of sp³-hybridized carbons (Fsp3) is 1.00. The first kappa shape index (κ1) is 17.9. The van der Waals surface area contributed by atoms with E-state index in [2.05, 4.69) is 38.0 Å². The molecule has 0 aromatic rings. The predicted octanol–water partition coefficient (Wildman–Crippen LogP) is 3.15. The summed E-state index contributed by atoms with van der Waals surface area (Å²) in [4.78, 5) is 2.64. The van der Waals surface area contributed by atoms with Crippen LogP contribution in [0.5, 0.6) is 0 Å². The van der Waals surface area contributed by atoms with Crippen molar-refractivity contribution in [1.29, 1.82) is 0 Å². The summed E-state index contributed by atoms with van der Waals surface area (Å²) in [6.07, 6.45) is 6.70. The van der Waals surface area contributed by atoms with Gasteiger partial charge in [-0.05, 0) is 51.5 Å². The van der Waals surface area contributed by atoms with E-state index in [1.54, 1.807) is 7.11 Å². The van der Waals surface area contributed by atoms with Crippen molar-refractivity contribution in [3.63, 3.8) is 0 Å². The Morgan fingerprint density at radius 1 is 1.30 bits per heavy atom. The monoisotopic (exact) mass is 284 g/mol. The van der Waals surface area contributed by atoms with Crippen molar-refractivity contribution in [3.05, 3.63) is 0 Å². The summed E-state index contributed by atoms with van der Waals surface area (Å²) < 4.78 is 5.29. The minimum atomic E-state index is 0.657. The van der Waals surface area contributed by atoms with Crippen LogP contribution in [0.2, 0.25) is 0 Å². The molecule has 1 N–H and O–H groups in total. The van der Waals surface area contributed by atoms with Crippen LogP contribution in [0.15, 0.2) is 0 Å². The highest BCUT2D eigenvalue weighted by Crippen LogP contribution is 2.32. The molecule has 4 atom stereocenters. The minimum Gasteiger partial charge on any atom is -0.383 e. The summed E-state index contributed by atoms with van der Waals surface area (Å²) in [6.45, 7) is 10.1. The van der Waals surface area contributed by atoms with Crippen molar-refractivity contribution < 1.29 is 4.74 Å². The number of rotatable bonds is 9. The van der Waals surface area contributed by atoms with Crippen LogP contribution in [0.3, 0.4) is 0 Å². The van der Waals surface area contributed by atoms with Gasteiger partial charge in [0.1, 0.15) is 0 Å². The molecule has 120 valence electrons. The van der Waals surface area contributed by atoms with Gasteiger partial charge in [-0.3, -0.25) is 4.90 Å². The van der Waals surface area contributed by atoms with E-state index in [-0.39, 0.29) is 0 Å². The fourth-order valence-corrected chi connectivity index (χ4v) is 3.57. The lowest BCUT2D eigenvalue weighted by Crippen LogP contribution is -2.47. The highest BCUT2D eigenvalue weighted by molar-refractivity contribution is 4.86. The average Bonchev–Trinajstić information content (AvgIpc) is 2.50. The van der Waals surface area contributed by atoms with Crippen LogP contribution in [-0.4, -0.2) is 50.8 Å². The molecule has 1 aliphatic rings. The molecule has 0 radical (unpaired) electrons. The Kier molecular flexibility index (Phi) is 8.74. The van der Waals surface area contributed by atoms with Crippen molar-refractivity contribution in [3.8, 4) is 0 Å². The van der Waals surface area contributed by atoms with Gasteiger partial charge < -0.3 is 10.1 Å². The lowest BCUT2D eigenvalue weighted by Gasteiger charge is -2.40. The zero-order chi connectivity index (χ0) is 15.0. The van der Waals surface area contributed by atoms with E-state index in [0.29, 0.717) is 12.1 Å². The highest BCUT2D eigenvalue weighted by Gasteiger charge is 2.30. The SMILES string of the molecule is CCC1CCC(NC)C(CN(CCOC)C(C)CC)C1. The molecule has 3 nitrogen and oxygen atoms in total. The second-order valence-electron chi connectivity index (χ2n) is 6.49. The van der Waals surface area contributed by atoms with Crippen LogP contribution in [-0.2, 0) is 4.74 Å². The Balaban J connectivity index is 2.61. The maximum absolute atomic E-state index is 5.29. The average molecular weight is 284 g/mol. The van der Waals surface area contributed by atoms with Gasteiger partial charge in [0.2, 0.25) is 0 Å². The Bertz CT molecular complexity index is 247. The number of methoxy groups -OCH3 is 1. The molecule has 3 heteroatoms. The molecule has 0 aliphatic heterocycles. The number of hydrogen-bond acceptors (Lipinski definition) is 3. The molecular weight excluding hydrogens is 248 g/mol. The molecule has 1 fully saturated rings. The van der Waals surface area contributed by atoms with Gasteiger partial charge >= 0.3 is 0 Å². The molecule has 0 bridgehead atoms. The molecule has 4 unspecified atom stereocenters. The first-order chi connectivity index (χ1) is 9.65. The molecule has 0 aromatic heterocycles. The number of hydrogen-bond donors (Lipinski definition) is 1. The molecule has 0 amide bonds. The van der Waals surface area contributed by atoms with E-state index in [1.165, 1.54) is 38.6 Å². The molecular formula is C17H36N2O. The van der Waals surface area contributed by atoms with Gasteiger partial charge in [0.15, 0.2) is 0 Å². The number of nitrogens with one attached hydrogen (secondary N) is 1. The number of ether oxygens (including phenoxy) is 1. The Morgan fingerprint density at radius 2 is 2.05 bits per heavy atom. The molecule has 1 rings (SSSR count). The third-order valence-corrected chi connectivity index (χ3v) is 5.30. The molecule has 1 aliphatic carbocycles. The largest absolute Gasteiger partial charge is 0.383 e. The number of nitrogens with zero attached hydrogens (tertiary/aromatic N) is 1. The second kappa shape index (κ2) is 9.75. The van der Waals surface area contributed by atoms with Crippen LogP contribution < -0.4 is 5.32 Å². The molecule has 0 heterocycles. The quantitative estimate of drug-likeness (QED) is 0.704.